The number of hydrogen-bond donors (Lipinski definition) is 1. The Kier molecular flexibility index (Phi) is 5.58. The zero-order valence-electron chi connectivity index (χ0n) is 11.5. The maximum atomic E-state index is 12.3. The molecule has 0 aromatic heterocycles. The normalized spacial score (nSPS) is 30.4. The summed E-state index contributed by atoms with van der Waals surface area (Å²) in [5.74, 6) is 0. The molecule has 2 heterocycles. The van der Waals surface area contributed by atoms with Gasteiger partial charge in [0.2, 0.25) is 0 Å². The van der Waals surface area contributed by atoms with Gasteiger partial charge in [-0.25, -0.2) is 0 Å². The molecule has 0 saturated carbocycles. The molecule has 0 bridgehead atoms. The van der Waals surface area contributed by atoms with Crippen molar-refractivity contribution in [1.29, 1.82) is 0 Å². The number of nitrogens with one attached hydrogen (secondary N) is 1. The Hall–Kier alpha value is -0.210. The van der Waals surface area contributed by atoms with E-state index in [4.69, 9.17) is 9.47 Å². The molecule has 0 amide bonds. The molecule has 19 heavy (non-hydrogen) atoms. The van der Waals surface area contributed by atoms with Crippen molar-refractivity contribution in [3.05, 3.63) is 0 Å². The molecule has 7 heteroatoms. The predicted molar refractivity (Wildman–Crippen MR) is 72.1 cm³/mol. The molecule has 0 radical (unpaired) electrons. The van der Waals surface area contributed by atoms with Gasteiger partial charge in [-0.3, -0.25) is 0 Å². The van der Waals surface area contributed by atoms with Gasteiger partial charge < -0.3 is 9.47 Å². The van der Waals surface area contributed by atoms with E-state index < -0.39 is 10.2 Å². The molecular weight excluding hydrogens is 268 g/mol. The highest BCUT2D eigenvalue weighted by Gasteiger charge is 2.34. The molecule has 0 aromatic carbocycles. The third kappa shape index (κ3) is 4.13. The third-order valence-corrected chi connectivity index (χ3v) is 5.26. The first kappa shape index (κ1) is 15.2. The van der Waals surface area contributed by atoms with E-state index in [0.717, 1.165) is 25.7 Å². The predicted octanol–water partition coefficient (Wildman–Crippen LogP) is 0.501. The quantitative estimate of drug-likeness (QED) is 0.801. The van der Waals surface area contributed by atoms with Crippen molar-refractivity contribution in [3.63, 3.8) is 0 Å². The molecule has 2 fully saturated rings. The SMILES string of the molecule is CCO[C@H]1COC[C@@H]1NS(=O)(=O)N1CCCCCC1. The summed E-state index contributed by atoms with van der Waals surface area (Å²) >= 11 is 0. The summed E-state index contributed by atoms with van der Waals surface area (Å²) in [6.45, 7) is 4.54. The van der Waals surface area contributed by atoms with Crippen LogP contribution in [0, 0.1) is 0 Å². The summed E-state index contributed by atoms with van der Waals surface area (Å²) in [4.78, 5) is 0. The number of hydrogen-bond acceptors (Lipinski definition) is 4. The lowest BCUT2D eigenvalue weighted by Gasteiger charge is -2.24. The molecular formula is C12H24N2O4S. The van der Waals surface area contributed by atoms with Crippen LogP contribution in [0.3, 0.4) is 0 Å². The molecule has 0 spiro atoms. The molecule has 2 atom stereocenters. The number of ether oxygens (including phenoxy) is 2. The van der Waals surface area contributed by atoms with Crippen molar-refractivity contribution in [3.8, 4) is 0 Å². The summed E-state index contributed by atoms with van der Waals surface area (Å²) in [6.07, 6.45) is 3.93. The summed E-state index contributed by atoms with van der Waals surface area (Å²) in [7, 11) is -3.42. The summed E-state index contributed by atoms with van der Waals surface area (Å²) in [5, 5.41) is 0. The minimum absolute atomic E-state index is 0.174. The molecule has 0 aliphatic carbocycles. The number of rotatable bonds is 5. The van der Waals surface area contributed by atoms with Crippen molar-refractivity contribution < 1.29 is 17.9 Å². The average molecular weight is 292 g/mol. The topological polar surface area (TPSA) is 67.9 Å². The zero-order chi connectivity index (χ0) is 13.7. The molecule has 0 aromatic rings. The molecule has 1 N–H and O–H groups in total. The fourth-order valence-corrected chi connectivity index (χ4v) is 4.06. The molecule has 2 aliphatic heterocycles. The van der Waals surface area contributed by atoms with E-state index in [-0.39, 0.29) is 12.1 Å². The van der Waals surface area contributed by atoms with E-state index in [0.29, 0.717) is 32.9 Å². The first-order valence-corrected chi connectivity index (χ1v) is 8.54. The van der Waals surface area contributed by atoms with Crippen molar-refractivity contribution in [1.82, 2.24) is 9.03 Å². The van der Waals surface area contributed by atoms with Gasteiger partial charge in [0.05, 0.1) is 25.4 Å². The highest BCUT2D eigenvalue weighted by Crippen LogP contribution is 2.15. The van der Waals surface area contributed by atoms with Crippen molar-refractivity contribution in [2.45, 2.75) is 44.8 Å². The van der Waals surface area contributed by atoms with E-state index in [1.54, 1.807) is 4.31 Å². The van der Waals surface area contributed by atoms with Gasteiger partial charge in [0, 0.05) is 19.7 Å². The average Bonchev–Trinajstić information content (AvgIpc) is 2.66. The second-order valence-corrected chi connectivity index (χ2v) is 6.78. The largest absolute Gasteiger partial charge is 0.377 e. The van der Waals surface area contributed by atoms with Crippen LogP contribution in [0.5, 0.6) is 0 Å². The standard InChI is InChI=1S/C12H24N2O4S/c1-2-18-12-10-17-9-11(12)13-19(15,16)14-7-5-3-4-6-8-14/h11-13H,2-10H2,1H3/t11-,12-/m0/s1. The first-order chi connectivity index (χ1) is 9.13. The molecule has 6 nitrogen and oxygen atoms in total. The van der Waals surface area contributed by atoms with Crippen LogP contribution < -0.4 is 4.72 Å². The fourth-order valence-electron chi connectivity index (χ4n) is 2.57. The van der Waals surface area contributed by atoms with Crippen molar-refractivity contribution in [2.75, 3.05) is 32.9 Å². The Morgan fingerprint density at radius 2 is 1.89 bits per heavy atom. The van der Waals surface area contributed by atoms with E-state index in [1.165, 1.54) is 0 Å². The van der Waals surface area contributed by atoms with E-state index in [1.807, 2.05) is 6.92 Å². The van der Waals surface area contributed by atoms with Gasteiger partial charge in [0.25, 0.3) is 10.2 Å². The van der Waals surface area contributed by atoms with Gasteiger partial charge in [0.15, 0.2) is 0 Å². The Balaban J connectivity index is 1.95. The first-order valence-electron chi connectivity index (χ1n) is 7.10. The molecule has 2 aliphatic rings. The van der Waals surface area contributed by atoms with E-state index in [9.17, 15) is 8.42 Å². The van der Waals surface area contributed by atoms with E-state index in [2.05, 4.69) is 4.72 Å². The maximum absolute atomic E-state index is 12.3. The molecule has 2 rings (SSSR count). The van der Waals surface area contributed by atoms with Crippen molar-refractivity contribution >= 4 is 10.2 Å². The monoisotopic (exact) mass is 292 g/mol. The summed E-state index contributed by atoms with van der Waals surface area (Å²) in [6, 6.07) is -0.270. The van der Waals surface area contributed by atoms with Gasteiger partial charge in [-0.05, 0) is 19.8 Å². The van der Waals surface area contributed by atoms with Crippen LogP contribution in [0.4, 0.5) is 0 Å². The van der Waals surface area contributed by atoms with Gasteiger partial charge in [-0.1, -0.05) is 12.8 Å². The smallest absolute Gasteiger partial charge is 0.279 e. The molecule has 0 unspecified atom stereocenters. The van der Waals surface area contributed by atoms with Crippen LogP contribution in [0.2, 0.25) is 0 Å². The second-order valence-electron chi connectivity index (χ2n) is 5.07. The van der Waals surface area contributed by atoms with E-state index >= 15 is 0 Å². The minimum Gasteiger partial charge on any atom is -0.377 e. The van der Waals surface area contributed by atoms with Crippen LogP contribution in [0.1, 0.15) is 32.6 Å². The highest BCUT2D eigenvalue weighted by atomic mass is 32.2. The zero-order valence-corrected chi connectivity index (χ0v) is 12.3. The third-order valence-electron chi connectivity index (χ3n) is 3.61. The van der Waals surface area contributed by atoms with Crippen LogP contribution in [-0.2, 0) is 19.7 Å². The van der Waals surface area contributed by atoms with Gasteiger partial charge in [0.1, 0.15) is 0 Å². The Morgan fingerprint density at radius 3 is 2.53 bits per heavy atom. The Labute approximate surface area is 115 Å². The lowest BCUT2D eigenvalue weighted by atomic mass is 10.2. The Morgan fingerprint density at radius 1 is 1.21 bits per heavy atom. The molecule has 112 valence electrons. The minimum atomic E-state index is -3.42. The number of nitrogens with zero attached hydrogens (tertiary/aromatic N) is 1. The van der Waals surface area contributed by atoms with Crippen LogP contribution in [-0.4, -0.2) is 57.8 Å². The van der Waals surface area contributed by atoms with Gasteiger partial charge in [-0.2, -0.15) is 17.4 Å². The van der Waals surface area contributed by atoms with Crippen LogP contribution >= 0.6 is 0 Å². The maximum Gasteiger partial charge on any atom is 0.279 e. The highest BCUT2D eigenvalue weighted by molar-refractivity contribution is 7.87. The van der Waals surface area contributed by atoms with Crippen molar-refractivity contribution in [2.24, 2.45) is 0 Å². The van der Waals surface area contributed by atoms with Gasteiger partial charge >= 0.3 is 0 Å². The summed E-state index contributed by atoms with van der Waals surface area (Å²) < 4.78 is 39.8. The van der Waals surface area contributed by atoms with Gasteiger partial charge in [-0.15, -0.1) is 0 Å². The summed E-state index contributed by atoms with van der Waals surface area (Å²) in [5.41, 5.74) is 0. The lowest BCUT2D eigenvalue weighted by molar-refractivity contribution is 0.0438. The fraction of sp³-hybridized carbons (Fsp3) is 1.00. The lowest BCUT2D eigenvalue weighted by Crippen LogP contribution is -2.50. The van der Waals surface area contributed by atoms with Crippen LogP contribution in [0.15, 0.2) is 0 Å². The Bertz CT molecular complexity index is 366. The molecule has 2 saturated heterocycles. The van der Waals surface area contributed by atoms with Crippen LogP contribution in [0.25, 0.3) is 0 Å². The second kappa shape index (κ2) is 6.99.